The number of nitrogens with two attached hydrogens (primary N) is 2. The summed E-state index contributed by atoms with van der Waals surface area (Å²) in [6, 6.07) is 10.8. The topological polar surface area (TPSA) is 139 Å². The van der Waals surface area contributed by atoms with Crippen LogP contribution in [0.2, 0.25) is 20.1 Å². The summed E-state index contributed by atoms with van der Waals surface area (Å²) in [6.07, 6.45) is 17.1. The van der Waals surface area contributed by atoms with Crippen molar-refractivity contribution in [2.24, 2.45) is 0 Å². The minimum Gasteiger partial charge on any atom is -0.382 e. The summed E-state index contributed by atoms with van der Waals surface area (Å²) in [5.74, 6) is 6.81. The number of benzene rings is 2. The Morgan fingerprint density at radius 2 is 1.27 bits per heavy atom. The van der Waals surface area contributed by atoms with Gasteiger partial charge in [0.2, 0.25) is 0 Å². The molecule has 10 nitrogen and oxygen atoms in total. The van der Waals surface area contributed by atoms with Gasteiger partial charge in [-0.25, -0.2) is 29.9 Å². The molecule has 0 atom stereocenters. The molecular formula is C33H28Cl4N10S. The first-order valence-corrected chi connectivity index (χ1v) is 16.9. The minimum absolute atomic E-state index is 0.347. The van der Waals surface area contributed by atoms with Gasteiger partial charge in [-0.1, -0.05) is 64.2 Å². The van der Waals surface area contributed by atoms with E-state index in [0.717, 1.165) is 34.3 Å². The van der Waals surface area contributed by atoms with Crippen LogP contribution in [-0.4, -0.2) is 39.0 Å². The highest BCUT2D eigenvalue weighted by Gasteiger charge is 2.18. The molecule has 0 spiro atoms. The first kappa shape index (κ1) is 35.1. The molecule has 0 aliphatic carbocycles. The molecule has 0 aliphatic heterocycles. The summed E-state index contributed by atoms with van der Waals surface area (Å²) in [7, 11) is 0. The number of halogens is 4. The van der Waals surface area contributed by atoms with E-state index >= 15 is 0 Å². The smallest absolute Gasteiger partial charge is 0.175 e. The molecule has 244 valence electrons. The Hall–Kier alpha value is -4.23. The van der Waals surface area contributed by atoms with Crippen LogP contribution in [0.3, 0.4) is 0 Å². The average Bonchev–Trinajstić information content (AvgIpc) is 3.59. The quantitative estimate of drug-likeness (QED) is 0.106. The van der Waals surface area contributed by atoms with Crippen molar-refractivity contribution in [1.82, 2.24) is 39.0 Å². The van der Waals surface area contributed by atoms with Gasteiger partial charge < -0.3 is 20.6 Å². The van der Waals surface area contributed by atoms with Crippen molar-refractivity contribution in [2.45, 2.75) is 55.2 Å². The van der Waals surface area contributed by atoms with Gasteiger partial charge in [0.1, 0.15) is 18.5 Å². The Morgan fingerprint density at radius 1 is 0.708 bits per heavy atom. The van der Waals surface area contributed by atoms with Gasteiger partial charge >= 0.3 is 0 Å². The first-order valence-electron chi connectivity index (χ1n) is 14.6. The third-order valence-electron chi connectivity index (χ3n) is 7.03. The Labute approximate surface area is 301 Å². The lowest BCUT2D eigenvalue weighted by atomic mass is 10.1. The van der Waals surface area contributed by atoms with Crippen LogP contribution < -0.4 is 11.5 Å². The number of anilines is 2. The van der Waals surface area contributed by atoms with Crippen molar-refractivity contribution in [3.8, 4) is 24.7 Å². The van der Waals surface area contributed by atoms with Crippen LogP contribution in [0.25, 0.3) is 22.3 Å². The van der Waals surface area contributed by atoms with Gasteiger partial charge in [0.05, 0.1) is 5.02 Å². The van der Waals surface area contributed by atoms with Gasteiger partial charge in [-0.3, -0.25) is 0 Å². The summed E-state index contributed by atoms with van der Waals surface area (Å²) >= 11 is 25.9. The largest absolute Gasteiger partial charge is 0.382 e. The molecular weight excluding hydrogens is 710 g/mol. The third kappa shape index (κ3) is 8.24. The predicted octanol–water partition coefficient (Wildman–Crippen LogP) is 8.00. The van der Waals surface area contributed by atoms with Crippen molar-refractivity contribution in [2.75, 3.05) is 11.5 Å². The van der Waals surface area contributed by atoms with E-state index in [1.807, 2.05) is 27.3 Å². The van der Waals surface area contributed by atoms with E-state index in [1.54, 1.807) is 18.2 Å². The van der Waals surface area contributed by atoms with E-state index in [0.29, 0.717) is 86.4 Å². The van der Waals surface area contributed by atoms with Crippen LogP contribution in [0.5, 0.6) is 0 Å². The second-order valence-electron chi connectivity index (χ2n) is 10.3. The normalized spacial score (nSPS) is 10.9. The highest BCUT2D eigenvalue weighted by molar-refractivity contribution is 7.99. The molecule has 4 aromatic heterocycles. The second kappa shape index (κ2) is 16.2. The van der Waals surface area contributed by atoms with Crippen LogP contribution in [0, 0.1) is 24.7 Å². The van der Waals surface area contributed by atoms with E-state index in [-0.39, 0.29) is 0 Å². The number of aromatic nitrogens is 8. The van der Waals surface area contributed by atoms with Crippen molar-refractivity contribution >= 4 is 92.1 Å². The van der Waals surface area contributed by atoms with Crippen LogP contribution in [0.15, 0.2) is 59.1 Å². The fourth-order valence-electron chi connectivity index (χ4n) is 4.75. The molecule has 4 heterocycles. The lowest BCUT2D eigenvalue weighted by molar-refractivity contribution is 0.615. The second-order valence-corrected chi connectivity index (χ2v) is 13.0. The van der Waals surface area contributed by atoms with E-state index in [4.69, 9.17) is 70.7 Å². The molecule has 0 bridgehead atoms. The number of rotatable bonds is 10. The Balaban J connectivity index is 0.000000188. The fourth-order valence-corrected chi connectivity index (χ4v) is 6.67. The fraction of sp³-hybridized carbons (Fsp3) is 0.212. The van der Waals surface area contributed by atoms with Gasteiger partial charge in [0.25, 0.3) is 0 Å². The molecule has 2 aromatic carbocycles. The zero-order valence-electron chi connectivity index (χ0n) is 25.4. The Bertz CT molecular complexity index is 2010. The summed E-state index contributed by atoms with van der Waals surface area (Å²) in [5, 5.41) is 3.08. The van der Waals surface area contributed by atoms with Crippen molar-refractivity contribution in [3.63, 3.8) is 0 Å². The molecule has 0 aliphatic rings. The van der Waals surface area contributed by atoms with E-state index in [1.165, 1.54) is 24.4 Å². The number of nitrogen functional groups attached to an aromatic ring is 2. The molecule has 0 fully saturated rings. The molecule has 6 aromatic rings. The molecule has 0 amide bonds. The average molecular weight is 739 g/mol. The zero-order valence-corrected chi connectivity index (χ0v) is 29.2. The highest BCUT2D eigenvalue weighted by atomic mass is 35.5. The number of nitrogens with zero attached hydrogens (tertiary/aromatic N) is 8. The standard InChI is InChI=1S/C17H15Cl2N5.C16H13Cl2N5S/c1-2-3-4-7-24-14(8-11-5-6-12(18)9-13(11)19)23-15-16(20)21-10-22-17(15)24;1-2-3-4-7-23-15-13(14(19)20-9-21-15)22-16(23)24-12-6-5-10(17)8-11(12)18/h1,5-6,9-10H,3-4,7-8H2,(H2,20,21,22);1,5-6,8-9H,3-4,7H2,(H2,19,20,21). The number of unbranched alkanes of at least 4 members (excludes halogenated alkanes) is 2. The minimum atomic E-state index is 0.347. The Kier molecular flexibility index (Phi) is 11.9. The van der Waals surface area contributed by atoms with Crippen molar-refractivity contribution < 1.29 is 0 Å². The summed E-state index contributed by atoms with van der Waals surface area (Å²) in [4.78, 5) is 26.7. The lowest BCUT2D eigenvalue weighted by Crippen LogP contribution is -2.06. The van der Waals surface area contributed by atoms with Crippen molar-refractivity contribution in [3.05, 3.63) is 80.5 Å². The van der Waals surface area contributed by atoms with Gasteiger partial charge in [-0.15, -0.1) is 24.7 Å². The Morgan fingerprint density at radius 3 is 1.88 bits per heavy atom. The third-order valence-corrected chi connectivity index (χ3v) is 9.35. The summed E-state index contributed by atoms with van der Waals surface area (Å²) in [6.45, 7) is 1.39. The summed E-state index contributed by atoms with van der Waals surface area (Å²) in [5.41, 5.74) is 15.4. The molecule has 15 heteroatoms. The maximum absolute atomic E-state index is 6.29. The monoisotopic (exact) mass is 736 g/mol. The molecule has 0 unspecified atom stereocenters. The van der Waals surface area contributed by atoms with Crippen LogP contribution in [0.1, 0.15) is 37.1 Å². The molecule has 48 heavy (non-hydrogen) atoms. The molecule has 6 rings (SSSR count). The van der Waals surface area contributed by atoms with Crippen LogP contribution in [-0.2, 0) is 19.5 Å². The van der Waals surface area contributed by atoms with Crippen LogP contribution in [0.4, 0.5) is 11.6 Å². The molecule has 0 saturated heterocycles. The first-order chi connectivity index (χ1) is 23.2. The van der Waals surface area contributed by atoms with E-state index < -0.39 is 0 Å². The number of hydrogen-bond acceptors (Lipinski definition) is 9. The SMILES string of the molecule is C#CCCCn1c(Cc2ccc(Cl)cc2Cl)nc2c(N)ncnc21.C#CCCCn1c(Sc2ccc(Cl)cc2Cl)nc2c(N)ncnc21. The van der Waals surface area contributed by atoms with Gasteiger partial charge in [0, 0.05) is 52.3 Å². The number of aryl methyl sites for hydroxylation is 2. The zero-order chi connectivity index (χ0) is 34.2. The molecule has 0 radical (unpaired) electrons. The van der Waals surface area contributed by atoms with E-state index in [2.05, 4.69) is 41.7 Å². The summed E-state index contributed by atoms with van der Waals surface area (Å²) < 4.78 is 4.01. The van der Waals surface area contributed by atoms with Gasteiger partial charge in [-0.2, -0.15) is 0 Å². The maximum atomic E-state index is 6.29. The number of hydrogen-bond donors (Lipinski definition) is 2. The number of terminal acetylenes is 2. The van der Waals surface area contributed by atoms with Crippen molar-refractivity contribution in [1.29, 1.82) is 0 Å². The lowest BCUT2D eigenvalue weighted by Gasteiger charge is -2.09. The number of imidazole rings is 2. The van der Waals surface area contributed by atoms with E-state index in [9.17, 15) is 0 Å². The van der Waals surface area contributed by atoms with Gasteiger partial charge in [0.15, 0.2) is 39.1 Å². The predicted molar refractivity (Wildman–Crippen MR) is 195 cm³/mol. The molecule has 4 N–H and O–H groups in total. The highest BCUT2D eigenvalue weighted by Crippen LogP contribution is 2.36. The molecule has 0 saturated carbocycles. The van der Waals surface area contributed by atoms with Gasteiger partial charge in [-0.05, 0) is 48.7 Å². The van der Waals surface area contributed by atoms with Crippen LogP contribution >= 0.6 is 58.2 Å². The number of fused-ring (bicyclic) bond motifs is 2. The maximum Gasteiger partial charge on any atom is 0.175 e.